The molecule has 1 aromatic heterocycles. The Hall–Kier alpha value is -1.62. The Morgan fingerprint density at radius 2 is 2.20 bits per heavy atom. The molecule has 2 heterocycles. The number of aryl methyl sites for hydroxylation is 1. The van der Waals surface area contributed by atoms with Crippen LogP contribution >= 0.6 is 0 Å². The van der Waals surface area contributed by atoms with Crippen molar-refractivity contribution in [1.29, 1.82) is 0 Å². The molecule has 2 aliphatic rings. The van der Waals surface area contributed by atoms with Gasteiger partial charge in [-0.2, -0.15) is 0 Å². The van der Waals surface area contributed by atoms with Gasteiger partial charge < -0.3 is 14.6 Å². The number of hydrogen-bond acceptors (Lipinski definition) is 3. The summed E-state index contributed by atoms with van der Waals surface area (Å²) in [5, 5.41) is 8.82. The SMILES string of the molecule is CN1CCc2c(cc(CCC(=O)O)c(=O)n2C2CC2)C1. The molecule has 0 radical (unpaired) electrons. The molecule has 3 rings (SSSR count). The molecular formula is C15H20N2O3. The van der Waals surface area contributed by atoms with Gasteiger partial charge in [-0.1, -0.05) is 0 Å². The number of aliphatic carboxylic acids is 1. The van der Waals surface area contributed by atoms with Crippen molar-refractivity contribution in [2.45, 2.75) is 44.7 Å². The van der Waals surface area contributed by atoms with Crippen LogP contribution in [-0.2, 0) is 24.2 Å². The fourth-order valence-electron chi connectivity index (χ4n) is 3.01. The van der Waals surface area contributed by atoms with Crippen molar-refractivity contribution in [3.8, 4) is 0 Å². The van der Waals surface area contributed by atoms with E-state index in [0.717, 1.165) is 32.4 Å². The second-order valence-electron chi connectivity index (χ2n) is 5.93. The van der Waals surface area contributed by atoms with Crippen molar-refractivity contribution in [3.05, 3.63) is 33.2 Å². The molecule has 0 atom stereocenters. The van der Waals surface area contributed by atoms with Gasteiger partial charge >= 0.3 is 5.97 Å². The molecule has 0 amide bonds. The molecule has 1 aromatic rings. The molecule has 108 valence electrons. The third kappa shape index (κ3) is 2.50. The Morgan fingerprint density at radius 3 is 2.85 bits per heavy atom. The lowest BCUT2D eigenvalue weighted by Gasteiger charge is -2.28. The monoisotopic (exact) mass is 276 g/mol. The number of carbonyl (C=O) groups is 1. The van der Waals surface area contributed by atoms with Gasteiger partial charge in [-0.3, -0.25) is 9.59 Å². The Balaban J connectivity index is 2.03. The number of aromatic nitrogens is 1. The molecule has 20 heavy (non-hydrogen) atoms. The van der Waals surface area contributed by atoms with Crippen LogP contribution in [-0.4, -0.2) is 34.1 Å². The summed E-state index contributed by atoms with van der Waals surface area (Å²) in [6.07, 6.45) is 3.42. The van der Waals surface area contributed by atoms with Crippen molar-refractivity contribution in [2.24, 2.45) is 0 Å². The van der Waals surface area contributed by atoms with Crippen molar-refractivity contribution in [3.63, 3.8) is 0 Å². The second-order valence-corrected chi connectivity index (χ2v) is 5.93. The summed E-state index contributed by atoms with van der Waals surface area (Å²) in [6, 6.07) is 2.29. The summed E-state index contributed by atoms with van der Waals surface area (Å²) < 4.78 is 1.96. The van der Waals surface area contributed by atoms with Crippen LogP contribution in [0.5, 0.6) is 0 Å². The highest BCUT2D eigenvalue weighted by Crippen LogP contribution is 2.36. The van der Waals surface area contributed by atoms with Crippen molar-refractivity contribution >= 4 is 5.97 Å². The molecule has 0 aromatic carbocycles. The van der Waals surface area contributed by atoms with Crippen LogP contribution in [0, 0.1) is 0 Å². The standard InChI is InChI=1S/C15H20N2O3/c1-16-7-6-13-11(9-16)8-10(2-5-14(18)19)15(20)17(13)12-3-4-12/h8,12H,2-7,9H2,1H3,(H,18,19). The van der Waals surface area contributed by atoms with Gasteiger partial charge in [-0.15, -0.1) is 0 Å². The van der Waals surface area contributed by atoms with E-state index in [0.29, 0.717) is 18.0 Å². The first-order chi connectivity index (χ1) is 9.56. The number of pyridine rings is 1. The third-order valence-corrected chi connectivity index (χ3v) is 4.19. The summed E-state index contributed by atoms with van der Waals surface area (Å²) in [7, 11) is 2.08. The maximum Gasteiger partial charge on any atom is 0.303 e. The van der Waals surface area contributed by atoms with Crippen molar-refractivity contribution in [2.75, 3.05) is 13.6 Å². The molecule has 0 spiro atoms. The number of likely N-dealkylation sites (N-methyl/N-ethyl adjacent to an activating group) is 1. The minimum absolute atomic E-state index is 0.0224. The van der Waals surface area contributed by atoms with Crippen LogP contribution in [0.3, 0.4) is 0 Å². The van der Waals surface area contributed by atoms with Crippen LogP contribution in [0.4, 0.5) is 0 Å². The fourth-order valence-corrected chi connectivity index (χ4v) is 3.01. The molecule has 0 bridgehead atoms. The van der Waals surface area contributed by atoms with Gasteiger partial charge in [0, 0.05) is 43.2 Å². The fraction of sp³-hybridized carbons (Fsp3) is 0.600. The molecule has 0 saturated heterocycles. The van der Waals surface area contributed by atoms with Gasteiger partial charge in [0.2, 0.25) is 0 Å². The highest BCUT2D eigenvalue weighted by atomic mass is 16.4. The minimum Gasteiger partial charge on any atom is -0.481 e. The second kappa shape index (κ2) is 5.05. The van der Waals surface area contributed by atoms with E-state index in [9.17, 15) is 9.59 Å². The lowest BCUT2D eigenvalue weighted by molar-refractivity contribution is -0.136. The summed E-state index contributed by atoms with van der Waals surface area (Å²) in [4.78, 5) is 25.6. The van der Waals surface area contributed by atoms with Crippen molar-refractivity contribution < 1.29 is 9.90 Å². The summed E-state index contributed by atoms with van der Waals surface area (Å²) in [5.41, 5.74) is 3.07. The quantitative estimate of drug-likeness (QED) is 0.897. The number of carboxylic acid groups (broad SMARTS) is 1. The molecule has 1 saturated carbocycles. The Kier molecular flexibility index (Phi) is 3.38. The van der Waals surface area contributed by atoms with E-state index in [4.69, 9.17) is 5.11 Å². The first kappa shape index (κ1) is 13.4. The Labute approximate surface area is 117 Å². The number of nitrogens with zero attached hydrogens (tertiary/aromatic N) is 2. The number of hydrogen-bond donors (Lipinski definition) is 1. The zero-order chi connectivity index (χ0) is 14.3. The summed E-state index contributed by atoms with van der Waals surface area (Å²) in [6.45, 7) is 1.83. The average molecular weight is 276 g/mol. The topological polar surface area (TPSA) is 62.5 Å². The molecule has 1 aliphatic carbocycles. The zero-order valence-electron chi connectivity index (χ0n) is 11.8. The van der Waals surface area contributed by atoms with E-state index in [-0.39, 0.29) is 12.0 Å². The van der Waals surface area contributed by atoms with Crippen LogP contribution in [0.15, 0.2) is 10.9 Å². The molecule has 5 nitrogen and oxygen atoms in total. The van der Waals surface area contributed by atoms with E-state index in [1.165, 1.54) is 11.3 Å². The van der Waals surface area contributed by atoms with Gasteiger partial charge in [-0.25, -0.2) is 0 Å². The maximum atomic E-state index is 12.6. The number of rotatable bonds is 4. The largest absolute Gasteiger partial charge is 0.481 e. The molecule has 1 aliphatic heterocycles. The highest BCUT2D eigenvalue weighted by molar-refractivity contribution is 5.67. The summed E-state index contributed by atoms with van der Waals surface area (Å²) in [5.74, 6) is -0.850. The smallest absolute Gasteiger partial charge is 0.303 e. The normalized spacial score (nSPS) is 18.9. The van der Waals surface area contributed by atoms with E-state index in [1.54, 1.807) is 0 Å². The van der Waals surface area contributed by atoms with Gasteiger partial charge in [0.25, 0.3) is 5.56 Å². The average Bonchev–Trinajstić information content (AvgIpc) is 3.21. The van der Waals surface area contributed by atoms with Crippen molar-refractivity contribution in [1.82, 2.24) is 9.47 Å². The predicted octanol–water partition coefficient (Wildman–Crippen LogP) is 1.19. The maximum absolute atomic E-state index is 12.6. The lowest BCUT2D eigenvalue weighted by Crippen LogP contribution is -2.35. The first-order valence-corrected chi connectivity index (χ1v) is 7.22. The predicted molar refractivity (Wildman–Crippen MR) is 75.0 cm³/mol. The van der Waals surface area contributed by atoms with E-state index < -0.39 is 5.97 Å². The number of carboxylic acids is 1. The summed E-state index contributed by atoms with van der Waals surface area (Å²) >= 11 is 0. The van der Waals surface area contributed by atoms with Gasteiger partial charge in [0.05, 0.1) is 0 Å². The first-order valence-electron chi connectivity index (χ1n) is 7.22. The van der Waals surface area contributed by atoms with E-state index in [1.807, 2.05) is 10.6 Å². The molecular weight excluding hydrogens is 256 g/mol. The van der Waals surface area contributed by atoms with E-state index in [2.05, 4.69) is 11.9 Å². The van der Waals surface area contributed by atoms with Crippen LogP contribution in [0.25, 0.3) is 0 Å². The van der Waals surface area contributed by atoms with Crippen LogP contribution in [0.2, 0.25) is 0 Å². The highest BCUT2D eigenvalue weighted by Gasteiger charge is 2.30. The molecule has 0 unspecified atom stereocenters. The molecule has 5 heteroatoms. The Morgan fingerprint density at radius 1 is 1.45 bits per heavy atom. The lowest BCUT2D eigenvalue weighted by atomic mass is 10.0. The van der Waals surface area contributed by atoms with Crippen LogP contribution < -0.4 is 5.56 Å². The zero-order valence-corrected chi connectivity index (χ0v) is 11.8. The number of fused-ring (bicyclic) bond motifs is 1. The van der Waals surface area contributed by atoms with E-state index >= 15 is 0 Å². The van der Waals surface area contributed by atoms with Gasteiger partial charge in [-0.05, 0) is 37.9 Å². The minimum atomic E-state index is -0.850. The van der Waals surface area contributed by atoms with Crippen LogP contribution in [0.1, 0.15) is 42.1 Å². The third-order valence-electron chi connectivity index (χ3n) is 4.19. The molecule has 1 N–H and O–H groups in total. The van der Waals surface area contributed by atoms with Gasteiger partial charge in [0.15, 0.2) is 0 Å². The Bertz CT molecular complexity index is 602. The molecule has 1 fully saturated rings. The van der Waals surface area contributed by atoms with Gasteiger partial charge in [0.1, 0.15) is 0 Å².